The van der Waals surface area contributed by atoms with Crippen LogP contribution in [0.2, 0.25) is 0 Å². The van der Waals surface area contributed by atoms with Gasteiger partial charge in [-0.3, -0.25) is 14.9 Å². The first-order valence-electron chi connectivity index (χ1n) is 4.70. The number of phenols is 1. The Morgan fingerprint density at radius 2 is 2.29 bits per heavy atom. The minimum absolute atomic E-state index is 0.145. The fourth-order valence-electron chi connectivity index (χ4n) is 1.18. The molecule has 6 nitrogen and oxygen atoms in total. The summed E-state index contributed by atoms with van der Waals surface area (Å²) in [7, 11) is 1.71. The second kappa shape index (κ2) is 5.63. The molecular weight excluding hydrogens is 224 g/mol. The quantitative estimate of drug-likeness (QED) is 0.347. The van der Waals surface area contributed by atoms with Crippen LogP contribution in [-0.2, 0) is 0 Å². The number of hydrogen-bond donors (Lipinski definition) is 2. The summed E-state index contributed by atoms with van der Waals surface area (Å²) in [6, 6.07) is 2.43. The van der Waals surface area contributed by atoms with Crippen molar-refractivity contribution in [3.63, 3.8) is 0 Å². The Kier molecular flexibility index (Phi) is 4.20. The normalized spacial score (nSPS) is 9.24. The van der Waals surface area contributed by atoms with E-state index in [-0.39, 0.29) is 5.56 Å². The van der Waals surface area contributed by atoms with Gasteiger partial charge in [0.1, 0.15) is 0 Å². The molecule has 0 unspecified atom stereocenters. The lowest BCUT2D eigenvalue weighted by molar-refractivity contribution is -0.385. The van der Waals surface area contributed by atoms with Crippen LogP contribution in [0.1, 0.15) is 15.9 Å². The molecule has 0 amide bonds. The van der Waals surface area contributed by atoms with Gasteiger partial charge in [0.05, 0.1) is 17.0 Å². The smallest absolute Gasteiger partial charge is 0.312 e. The zero-order valence-electron chi connectivity index (χ0n) is 9.06. The average Bonchev–Trinajstić information content (AvgIpc) is 2.30. The molecule has 0 spiro atoms. The molecular formula is C11H10N2O4. The van der Waals surface area contributed by atoms with Crippen LogP contribution < -0.4 is 5.32 Å². The van der Waals surface area contributed by atoms with Gasteiger partial charge >= 0.3 is 5.69 Å². The molecule has 0 aliphatic heterocycles. The lowest BCUT2D eigenvalue weighted by Gasteiger charge is -2.00. The van der Waals surface area contributed by atoms with E-state index in [1.54, 1.807) is 7.05 Å². The molecule has 1 rings (SSSR count). The summed E-state index contributed by atoms with van der Waals surface area (Å²) in [5.41, 5.74) is -0.358. The van der Waals surface area contributed by atoms with E-state index in [9.17, 15) is 20.0 Å². The Hall–Kier alpha value is -2.39. The molecule has 0 aromatic heterocycles. The first-order chi connectivity index (χ1) is 8.10. The van der Waals surface area contributed by atoms with E-state index in [0.29, 0.717) is 18.4 Å². The monoisotopic (exact) mass is 234 g/mol. The maximum atomic E-state index is 10.6. The second-order valence-electron chi connectivity index (χ2n) is 3.14. The van der Waals surface area contributed by atoms with E-state index in [1.807, 2.05) is 0 Å². The van der Waals surface area contributed by atoms with Crippen LogP contribution in [0.3, 0.4) is 0 Å². The molecule has 0 atom stereocenters. The summed E-state index contributed by atoms with van der Waals surface area (Å²) in [6.07, 6.45) is 0.353. The Balaban J connectivity index is 3.26. The van der Waals surface area contributed by atoms with Crippen molar-refractivity contribution in [2.45, 2.75) is 0 Å². The van der Waals surface area contributed by atoms with Gasteiger partial charge in [-0.2, -0.15) is 0 Å². The fraction of sp³-hybridized carbons (Fsp3) is 0.182. The molecule has 1 aromatic rings. The fourth-order valence-corrected chi connectivity index (χ4v) is 1.18. The van der Waals surface area contributed by atoms with Crippen LogP contribution in [0.5, 0.6) is 5.75 Å². The highest BCUT2D eigenvalue weighted by molar-refractivity contribution is 5.83. The highest BCUT2D eigenvalue weighted by Gasteiger charge is 2.18. The molecule has 6 heteroatoms. The topological polar surface area (TPSA) is 92.5 Å². The first-order valence-corrected chi connectivity index (χ1v) is 4.70. The molecule has 0 saturated carbocycles. The molecule has 0 bridgehead atoms. The van der Waals surface area contributed by atoms with Crippen LogP contribution in [0.25, 0.3) is 0 Å². The van der Waals surface area contributed by atoms with E-state index in [0.717, 1.165) is 6.07 Å². The van der Waals surface area contributed by atoms with E-state index < -0.39 is 16.4 Å². The van der Waals surface area contributed by atoms with Crippen molar-refractivity contribution >= 4 is 12.0 Å². The number of phenolic OH excluding ortho intramolecular Hbond substituents is 1. The maximum Gasteiger partial charge on any atom is 0.312 e. The minimum Gasteiger partial charge on any atom is -0.502 e. The van der Waals surface area contributed by atoms with Crippen LogP contribution >= 0.6 is 0 Å². The summed E-state index contributed by atoms with van der Waals surface area (Å²) in [6.45, 7) is 0.422. The SMILES string of the molecule is CNCC#Cc1cc(C=O)c(O)c([N+](=O)[O-])c1. The van der Waals surface area contributed by atoms with E-state index in [2.05, 4.69) is 17.2 Å². The van der Waals surface area contributed by atoms with Crippen molar-refractivity contribution in [2.24, 2.45) is 0 Å². The number of carbonyl (C=O) groups is 1. The van der Waals surface area contributed by atoms with Crippen LogP contribution in [0.15, 0.2) is 12.1 Å². The molecule has 0 fully saturated rings. The molecule has 88 valence electrons. The lowest BCUT2D eigenvalue weighted by Crippen LogP contribution is -2.04. The summed E-state index contributed by atoms with van der Waals surface area (Å²) >= 11 is 0. The number of benzene rings is 1. The molecule has 0 aliphatic carbocycles. The molecule has 0 heterocycles. The van der Waals surface area contributed by atoms with Crippen LogP contribution in [0.4, 0.5) is 5.69 Å². The molecule has 0 saturated heterocycles. The van der Waals surface area contributed by atoms with Gasteiger partial charge in [-0.15, -0.1) is 0 Å². The Bertz CT molecular complexity index is 514. The average molecular weight is 234 g/mol. The Morgan fingerprint density at radius 3 is 2.82 bits per heavy atom. The summed E-state index contributed by atoms with van der Waals surface area (Å²) < 4.78 is 0. The minimum atomic E-state index is -0.758. The van der Waals surface area contributed by atoms with Crippen LogP contribution in [0, 0.1) is 22.0 Å². The number of carbonyl (C=O) groups excluding carboxylic acids is 1. The molecule has 1 aromatic carbocycles. The van der Waals surface area contributed by atoms with Gasteiger partial charge in [-0.1, -0.05) is 11.8 Å². The number of rotatable bonds is 3. The lowest BCUT2D eigenvalue weighted by atomic mass is 10.1. The van der Waals surface area contributed by atoms with Gasteiger partial charge in [0.25, 0.3) is 0 Å². The van der Waals surface area contributed by atoms with Crippen molar-refractivity contribution in [3.05, 3.63) is 33.4 Å². The van der Waals surface area contributed by atoms with Crippen molar-refractivity contribution < 1.29 is 14.8 Å². The molecule has 0 aliphatic rings. The summed E-state index contributed by atoms with van der Waals surface area (Å²) in [5, 5.41) is 22.9. The second-order valence-corrected chi connectivity index (χ2v) is 3.14. The van der Waals surface area contributed by atoms with Gasteiger partial charge in [0.15, 0.2) is 6.29 Å². The third kappa shape index (κ3) is 3.03. The van der Waals surface area contributed by atoms with Gasteiger partial charge in [-0.05, 0) is 13.1 Å². The number of hydrogen-bond acceptors (Lipinski definition) is 5. The number of aldehydes is 1. The van der Waals surface area contributed by atoms with Gasteiger partial charge in [-0.25, -0.2) is 0 Å². The summed E-state index contributed by atoms with van der Waals surface area (Å²) in [5.74, 6) is 4.73. The predicted molar refractivity (Wildman–Crippen MR) is 61.0 cm³/mol. The highest BCUT2D eigenvalue weighted by Crippen LogP contribution is 2.29. The van der Waals surface area contributed by atoms with Crippen LogP contribution in [-0.4, -0.2) is 29.9 Å². The zero-order chi connectivity index (χ0) is 12.8. The van der Waals surface area contributed by atoms with Gasteiger partial charge < -0.3 is 10.4 Å². The van der Waals surface area contributed by atoms with Crippen molar-refractivity contribution in [2.75, 3.05) is 13.6 Å². The van der Waals surface area contributed by atoms with Gasteiger partial charge in [0.2, 0.25) is 5.75 Å². The largest absolute Gasteiger partial charge is 0.502 e. The zero-order valence-corrected chi connectivity index (χ0v) is 9.06. The first kappa shape index (κ1) is 12.7. The van der Waals surface area contributed by atoms with E-state index >= 15 is 0 Å². The third-order valence-corrected chi connectivity index (χ3v) is 1.94. The summed E-state index contributed by atoms with van der Waals surface area (Å²) in [4.78, 5) is 20.5. The number of nitrogens with one attached hydrogen (secondary N) is 1. The highest BCUT2D eigenvalue weighted by atomic mass is 16.6. The Morgan fingerprint density at radius 1 is 1.59 bits per heavy atom. The molecule has 2 N–H and O–H groups in total. The number of nitro benzene ring substituents is 1. The van der Waals surface area contributed by atoms with Gasteiger partial charge in [0, 0.05) is 11.6 Å². The van der Waals surface area contributed by atoms with Crippen molar-refractivity contribution in [1.82, 2.24) is 5.32 Å². The van der Waals surface area contributed by atoms with Crippen molar-refractivity contribution in [3.8, 4) is 17.6 Å². The molecule has 0 radical (unpaired) electrons. The molecule has 17 heavy (non-hydrogen) atoms. The van der Waals surface area contributed by atoms with E-state index in [1.165, 1.54) is 6.07 Å². The Labute approximate surface area is 97.4 Å². The number of nitrogens with zero attached hydrogens (tertiary/aromatic N) is 1. The van der Waals surface area contributed by atoms with Crippen molar-refractivity contribution in [1.29, 1.82) is 0 Å². The third-order valence-electron chi connectivity index (χ3n) is 1.94. The van der Waals surface area contributed by atoms with E-state index in [4.69, 9.17) is 0 Å². The maximum absolute atomic E-state index is 10.6. The number of nitro groups is 1. The number of aromatic hydroxyl groups is 1. The standard InChI is InChI=1S/C11H10N2O4/c1-12-4-2-3-8-5-9(7-14)11(15)10(6-8)13(16)17/h5-7,12,15H,4H2,1H3. The predicted octanol–water partition coefficient (Wildman–Crippen LogP) is 0.684.